The van der Waals surface area contributed by atoms with Gasteiger partial charge in [-0.05, 0) is 30.3 Å². The highest BCUT2D eigenvalue weighted by atomic mass is 79.9. The Bertz CT molecular complexity index is 675. The summed E-state index contributed by atoms with van der Waals surface area (Å²) in [4.78, 5) is 10.8. The standard InChI is InChI=1S/C17H17BrN2O3/c1-13(21)20-19-12-14-11-15(18)7-8-17(14)23-10-9-22-16-5-3-2-4-6-16/h2-8,11-12H,9-10H2,1H3,(H,20,21). The first kappa shape index (κ1) is 17.0. The summed E-state index contributed by atoms with van der Waals surface area (Å²) in [5.41, 5.74) is 3.12. The summed E-state index contributed by atoms with van der Waals surface area (Å²) in [7, 11) is 0. The second kappa shape index (κ2) is 8.95. The molecular weight excluding hydrogens is 360 g/mol. The predicted octanol–water partition coefficient (Wildman–Crippen LogP) is 3.38. The van der Waals surface area contributed by atoms with E-state index in [1.807, 2.05) is 48.5 Å². The predicted molar refractivity (Wildman–Crippen MR) is 93.0 cm³/mol. The third-order valence-electron chi connectivity index (χ3n) is 2.75. The van der Waals surface area contributed by atoms with Crippen molar-refractivity contribution in [2.24, 2.45) is 5.10 Å². The second-order valence-electron chi connectivity index (χ2n) is 4.62. The molecule has 1 amide bonds. The van der Waals surface area contributed by atoms with Crippen LogP contribution in [0.5, 0.6) is 11.5 Å². The number of nitrogens with zero attached hydrogens (tertiary/aromatic N) is 1. The zero-order valence-corrected chi connectivity index (χ0v) is 14.2. The van der Waals surface area contributed by atoms with Gasteiger partial charge >= 0.3 is 0 Å². The van der Waals surface area contributed by atoms with Crippen molar-refractivity contribution >= 4 is 28.1 Å². The quantitative estimate of drug-likeness (QED) is 0.457. The Morgan fingerprint density at radius 1 is 1.17 bits per heavy atom. The summed E-state index contributed by atoms with van der Waals surface area (Å²) in [6.45, 7) is 2.23. The number of hydrogen-bond acceptors (Lipinski definition) is 4. The van der Waals surface area contributed by atoms with Crippen LogP contribution in [0.1, 0.15) is 12.5 Å². The number of rotatable bonds is 7. The largest absolute Gasteiger partial charge is 0.490 e. The fourth-order valence-corrected chi connectivity index (χ4v) is 2.15. The molecule has 0 saturated carbocycles. The number of halogens is 1. The molecule has 0 atom stereocenters. The highest BCUT2D eigenvalue weighted by Crippen LogP contribution is 2.21. The number of benzene rings is 2. The van der Waals surface area contributed by atoms with E-state index in [1.165, 1.54) is 6.92 Å². The number of carbonyl (C=O) groups is 1. The third-order valence-corrected chi connectivity index (χ3v) is 3.24. The highest BCUT2D eigenvalue weighted by molar-refractivity contribution is 9.10. The molecule has 0 unspecified atom stereocenters. The van der Waals surface area contributed by atoms with Crippen molar-refractivity contribution in [2.75, 3.05) is 13.2 Å². The van der Waals surface area contributed by atoms with E-state index in [4.69, 9.17) is 9.47 Å². The van der Waals surface area contributed by atoms with Gasteiger partial charge in [-0.15, -0.1) is 0 Å². The Morgan fingerprint density at radius 2 is 1.91 bits per heavy atom. The van der Waals surface area contributed by atoms with Gasteiger partial charge in [0.2, 0.25) is 5.91 Å². The number of amides is 1. The zero-order chi connectivity index (χ0) is 16.5. The van der Waals surface area contributed by atoms with Crippen molar-refractivity contribution in [1.29, 1.82) is 0 Å². The minimum Gasteiger partial charge on any atom is -0.490 e. The van der Waals surface area contributed by atoms with Crippen molar-refractivity contribution in [3.63, 3.8) is 0 Å². The summed E-state index contributed by atoms with van der Waals surface area (Å²) in [6, 6.07) is 15.1. The molecule has 0 aromatic heterocycles. The van der Waals surface area contributed by atoms with Gasteiger partial charge in [-0.25, -0.2) is 5.43 Å². The summed E-state index contributed by atoms with van der Waals surface area (Å²) >= 11 is 3.40. The molecule has 0 bridgehead atoms. The van der Waals surface area contributed by atoms with Gasteiger partial charge in [0.1, 0.15) is 24.7 Å². The molecule has 120 valence electrons. The molecule has 0 spiro atoms. The summed E-state index contributed by atoms with van der Waals surface area (Å²) in [6.07, 6.45) is 1.54. The van der Waals surface area contributed by atoms with Crippen LogP contribution in [0.15, 0.2) is 58.1 Å². The van der Waals surface area contributed by atoms with Gasteiger partial charge in [0.15, 0.2) is 0 Å². The Kier molecular flexibility index (Phi) is 6.62. The van der Waals surface area contributed by atoms with Crippen molar-refractivity contribution in [3.05, 3.63) is 58.6 Å². The summed E-state index contributed by atoms with van der Waals surface area (Å²) in [5.74, 6) is 1.24. The number of ether oxygens (including phenoxy) is 2. The van der Waals surface area contributed by atoms with Crippen LogP contribution < -0.4 is 14.9 Å². The Balaban J connectivity index is 1.91. The first-order valence-electron chi connectivity index (χ1n) is 7.05. The maximum Gasteiger partial charge on any atom is 0.236 e. The Morgan fingerprint density at radius 3 is 2.65 bits per heavy atom. The zero-order valence-electron chi connectivity index (χ0n) is 12.7. The maximum absolute atomic E-state index is 10.8. The number of nitrogens with one attached hydrogen (secondary N) is 1. The monoisotopic (exact) mass is 376 g/mol. The van der Waals surface area contributed by atoms with Crippen LogP contribution in [-0.4, -0.2) is 25.3 Å². The first-order chi connectivity index (χ1) is 11.1. The lowest BCUT2D eigenvalue weighted by Gasteiger charge is -2.10. The van der Waals surface area contributed by atoms with E-state index in [0.717, 1.165) is 15.8 Å². The first-order valence-corrected chi connectivity index (χ1v) is 7.84. The molecule has 2 rings (SSSR count). The van der Waals surface area contributed by atoms with E-state index in [9.17, 15) is 4.79 Å². The molecular formula is C17H17BrN2O3. The van der Waals surface area contributed by atoms with Gasteiger partial charge in [-0.1, -0.05) is 34.1 Å². The average molecular weight is 377 g/mol. The lowest BCUT2D eigenvalue weighted by Crippen LogP contribution is -2.13. The minimum atomic E-state index is -0.227. The maximum atomic E-state index is 10.8. The second-order valence-corrected chi connectivity index (χ2v) is 5.53. The van der Waals surface area contributed by atoms with Crippen molar-refractivity contribution in [3.8, 4) is 11.5 Å². The van der Waals surface area contributed by atoms with E-state index in [0.29, 0.717) is 19.0 Å². The molecule has 2 aromatic rings. The van der Waals surface area contributed by atoms with Crippen LogP contribution in [0.3, 0.4) is 0 Å². The van der Waals surface area contributed by atoms with E-state index in [2.05, 4.69) is 26.5 Å². The smallest absolute Gasteiger partial charge is 0.236 e. The molecule has 0 aliphatic rings. The van der Waals surface area contributed by atoms with Crippen LogP contribution in [0.4, 0.5) is 0 Å². The fourth-order valence-electron chi connectivity index (χ4n) is 1.77. The SMILES string of the molecule is CC(=O)NN=Cc1cc(Br)ccc1OCCOc1ccccc1. The summed E-state index contributed by atoms with van der Waals surface area (Å²) in [5, 5.41) is 3.86. The van der Waals surface area contributed by atoms with Gasteiger partial charge in [-0.3, -0.25) is 4.79 Å². The topological polar surface area (TPSA) is 59.9 Å². The van der Waals surface area contributed by atoms with E-state index < -0.39 is 0 Å². The minimum absolute atomic E-state index is 0.227. The molecule has 0 aliphatic heterocycles. The molecule has 6 heteroatoms. The fraction of sp³-hybridized carbons (Fsp3) is 0.176. The van der Waals surface area contributed by atoms with E-state index in [-0.39, 0.29) is 5.91 Å². The molecule has 1 N–H and O–H groups in total. The molecule has 5 nitrogen and oxygen atoms in total. The van der Waals surface area contributed by atoms with E-state index in [1.54, 1.807) is 6.21 Å². The molecule has 0 radical (unpaired) electrons. The van der Waals surface area contributed by atoms with Gasteiger partial charge < -0.3 is 9.47 Å². The Hall–Kier alpha value is -2.34. The highest BCUT2D eigenvalue weighted by Gasteiger charge is 2.03. The van der Waals surface area contributed by atoms with Crippen LogP contribution in [-0.2, 0) is 4.79 Å². The molecule has 2 aromatic carbocycles. The van der Waals surface area contributed by atoms with Crippen LogP contribution >= 0.6 is 15.9 Å². The Labute approximate surface area is 143 Å². The van der Waals surface area contributed by atoms with Crippen molar-refractivity contribution < 1.29 is 14.3 Å². The number of para-hydroxylation sites is 1. The normalized spacial score (nSPS) is 10.5. The molecule has 23 heavy (non-hydrogen) atoms. The molecule has 0 fully saturated rings. The van der Waals surface area contributed by atoms with Gasteiger partial charge in [0, 0.05) is 17.0 Å². The van der Waals surface area contributed by atoms with Crippen LogP contribution in [0.25, 0.3) is 0 Å². The number of hydrazone groups is 1. The lowest BCUT2D eigenvalue weighted by atomic mass is 10.2. The lowest BCUT2D eigenvalue weighted by molar-refractivity contribution is -0.118. The molecule has 0 heterocycles. The van der Waals surface area contributed by atoms with Gasteiger partial charge in [0.25, 0.3) is 0 Å². The van der Waals surface area contributed by atoms with E-state index >= 15 is 0 Å². The third kappa shape index (κ3) is 6.12. The number of carbonyl (C=O) groups excluding carboxylic acids is 1. The van der Waals surface area contributed by atoms with Crippen molar-refractivity contribution in [1.82, 2.24) is 5.43 Å². The van der Waals surface area contributed by atoms with Gasteiger partial charge in [-0.2, -0.15) is 5.10 Å². The molecule has 0 aliphatic carbocycles. The number of hydrogen-bond donors (Lipinski definition) is 1. The average Bonchev–Trinajstić information content (AvgIpc) is 2.54. The van der Waals surface area contributed by atoms with Gasteiger partial charge in [0.05, 0.1) is 6.21 Å². The van der Waals surface area contributed by atoms with Crippen molar-refractivity contribution in [2.45, 2.75) is 6.92 Å². The summed E-state index contributed by atoms with van der Waals surface area (Å²) < 4.78 is 12.2. The van der Waals surface area contributed by atoms with Crippen LogP contribution in [0, 0.1) is 0 Å². The molecule has 0 saturated heterocycles. The van der Waals surface area contributed by atoms with Crippen LogP contribution in [0.2, 0.25) is 0 Å².